The average Bonchev–Trinajstić information content (AvgIpc) is 2.69. The number of anilines is 1. The van der Waals surface area contributed by atoms with Crippen molar-refractivity contribution < 1.29 is 4.79 Å². The lowest BCUT2D eigenvalue weighted by molar-refractivity contribution is 0.102. The van der Waals surface area contributed by atoms with E-state index < -0.39 is 0 Å². The Morgan fingerprint density at radius 1 is 0.889 bits per heavy atom. The van der Waals surface area contributed by atoms with Crippen LogP contribution in [0.5, 0.6) is 0 Å². The van der Waals surface area contributed by atoms with E-state index in [0.717, 1.165) is 33.2 Å². The van der Waals surface area contributed by atoms with Gasteiger partial charge in [-0.3, -0.25) is 9.78 Å². The van der Waals surface area contributed by atoms with Gasteiger partial charge >= 0.3 is 0 Å². The molecule has 27 heavy (non-hydrogen) atoms. The number of aryl methyl sites for hydroxylation is 2. The quantitative estimate of drug-likeness (QED) is 0.553. The molecule has 2 heterocycles. The van der Waals surface area contributed by atoms with Crippen molar-refractivity contribution in [2.24, 2.45) is 0 Å². The first kappa shape index (κ1) is 16.9. The molecule has 0 spiro atoms. The molecule has 0 saturated heterocycles. The second-order valence-electron chi connectivity index (χ2n) is 6.57. The zero-order valence-corrected chi connectivity index (χ0v) is 15.2. The largest absolute Gasteiger partial charge is 0.307 e. The Morgan fingerprint density at radius 2 is 1.74 bits per heavy atom. The summed E-state index contributed by atoms with van der Waals surface area (Å²) in [5.41, 5.74) is 4.77. The lowest BCUT2D eigenvalue weighted by Gasteiger charge is -2.11. The van der Waals surface area contributed by atoms with E-state index in [0.29, 0.717) is 11.4 Å². The van der Waals surface area contributed by atoms with E-state index in [1.807, 2.05) is 55.5 Å². The van der Waals surface area contributed by atoms with Gasteiger partial charge in [0.15, 0.2) is 0 Å². The maximum absolute atomic E-state index is 12.7. The number of amides is 1. The van der Waals surface area contributed by atoms with Gasteiger partial charge in [-0.2, -0.15) is 0 Å². The Kier molecular flexibility index (Phi) is 4.38. The standard InChI is InChI=1S/C23H19N3O/c1-15-5-3-4-6-20(15)22-16(2)7-10-21(25-22)26-23(27)18-8-9-19-14-24-12-11-17(19)13-18/h3-14H,1-2H3,(H,25,26,27). The SMILES string of the molecule is Cc1ccccc1-c1nc(NC(=O)c2ccc3cnccc3c2)ccc1C. The number of benzene rings is 2. The Bertz CT molecular complexity index is 1150. The number of aromatic nitrogens is 2. The molecule has 0 fully saturated rings. The van der Waals surface area contributed by atoms with Gasteiger partial charge in [-0.25, -0.2) is 4.98 Å². The van der Waals surface area contributed by atoms with E-state index in [9.17, 15) is 4.79 Å². The number of hydrogen-bond donors (Lipinski definition) is 1. The van der Waals surface area contributed by atoms with E-state index in [1.54, 1.807) is 18.5 Å². The molecule has 0 bridgehead atoms. The summed E-state index contributed by atoms with van der Waals surface area (Å²) < 4.78 is 0. The van der Waals surface area contributed by atoms with Crippen LogP contribution >= 0.6 is 0 Å². The zero-order chi connectivity index (χ0) is 18.8. The first-order chi connectivity index (χ1) is 13.1. The normalized spacial score (nSPS) is 10.7. The molecule has 2 aromatic carbocycles. The van der Waals surface area contributed by atoms with Crippen molar-refractivity contribution in [3.05, 3.63) is 89.7 Å². The molecule has 1 N–H and O–H groups in total. The van der Waals surface area contributed by atoms with E-state index in [1.165, 1.54) is 0 Å². The van der Waals surface area contributed by atoms with Crippen molar-refractivity contribution >= 4 is 22.5 Å². The summed E-state index contributed by atoms with van der Waals surface area (Å²) in [4.78, 5) is 21.5. The number of rotatable bonds is 3. The van der Waals surface area contributed by atoms with Crippen LogP contribution in [0.25, 0.3) is 22.0 Å². The van der Waals surface area contributed by atoms with Crippen LogP contribution in [0.2, 0.25) is 0 Å². The number of nitrogens with zero attached hydrogens (tertiary/aromatic N) is 2. The fourth-order valence-corrected chi connectivity index (χ4v) is 3.12. The first-order valence-electron chi connectivity index (χ1n) is 8.80. The number of nitrogens with one attached hydrogen (secondary N) is 1. The van der Waals surface area contributed by atoms with Gasteiger partial charge in [0.1, 0.15) is 5.82 Å². The summed E-state index contributed by atoms with van der Waals surface area (Å²) in [6, 6.07) is 19.4. The molecule has 0 unspecified atom stereocenters. The number of hydrogen-bond acceptors (Lipinski definition) is 3. The highest BCUT2D eigenvalue weighted by atomic mass is 16.1. The highest BCUT2D eigenvalue weighted by Gasteiger charge is 2.11. The van der Waals surface area contributed by atoms with Gasteiger partial charge in [0, 0.05) is 28.9 Å². The fraction of sp³-hybridized carbons (Fsp3) is 0.0870. The van der Waals surface area contributed by atoms with E-state index >= 15 is 0 Å². The third-order valence-corrected chi connectivity index (χ3v) is 4.64. The Balaban J connectivity index is 1.65. The summed E-state index contributed by atoms with van der Waals surface area (Å²) in [6.45, 7) is 4.09. The van der Waals surface area contributed by atoms with Gasteiger partial charge in [-0.1, -0.05) is 36.4 Å². The molecule has 132 valence electrons. The third kappa shape index (κ3) is 3.42. The molecule has 2 aromatic heterocycles. The third-order valence-electron chi connectivity index (χ3n) is 4.64. The van der Waals surface area contributed by atoms with Crippen LogP contribution in [0.1, 0.15) is 21.5 Å². The molecule has 0 radical (unpaired) electrons. The van der Waals surface area contributed by atoms with Crippen molar-refractivity contribution in [2.45, 2.75) is 13.8 Å². The van der Waals surface area contributed by atoms with Gasteiger partial charge in [-0.15, -0.1) is 0 Å². The lowest BCUT2D eigenvalue weighted by atomic mass is 10.0. The maximum Gasteiger partial charge on any atom is 0.256 e. The molecule has 4 rings (SSSR count). The zero-order valence-electron chi connectivity index (χ0n) is 15.2. The van der Waals surface area contributed by atoms with E-state index in [2.05, 4.69) is 28.3 Å². The molecule has 1 amide bonds. The summed E-state index contributed by atoms with van der Waals surface area (Å²) in [7, 11) is 0. The topological polar surface area (TPSA) is 54.9 Å². The van der Waals surface area contributed by atoms with E-state index in [4.69, 9.17) is 0 Å². The smallest absolute Gasteiger partial charge is 0.256 e. The predicted octanol–water partition coefficient (Wildman–Crippen LogP) is 5.17. The number of fused-ring (bicyclic) bond motifs is 1. The van der Waals surface area contributed by atoms with Gasteiger partial charge in [0.25, 0.3) is 5.91 Å². The molecule has 0 aliphatic rings. The van der Waals surface area contributed by atoms with Crippen LogP contribution in [-0.4, -0.2) is 15.9 Å². The minimum absolute atomic E-state index is 0.180. The molecule has 0 aliphatic carbocycles. The Labute approximate surface area is 157 Å². The molecule has 4 aromatic rings. The van der Waals surface area contributed by atoms with Gasteiger partial charge in [0.2, 0.25) is 0 Å². The van der Waals surface area contributed by atoms with Crippen LogP contribution in [-0.2, 0) is 0 Å². The van der Waals surface area contributed by atoms with Crippen molar-refractivity contribution in [2.75, 3.05) is 5.32 Å². The van der Waals surface area contributed by atoms with Crippen LogP contribution in [0.3, 0.4) is 0 Å². The fourth-order valence-electron chi connectivity index (χ4n) is 3.12. The average molecular weight is 353 g/mol. The Morgan fingerprint density at radius 3 is 2.59 bits per heavy atom. The van der Waals surface area contributed by atoms with Gasteiger partial charge in [0.05, 0.1) is 5.69 Å². The molecule has 4 nitrogen and oxygen atoms in total. The molecule has 0 atom stereocenters. The molecule has 0 aliphatic heterocycles. The monoisotopic (exact) mass is 353 g/mol. The van der Waals surface area contributed by atoms with Crippen LogP contribution in [0.4, 0.5) is 5.82 Å². The van der Waals surface area contributed by atoms with Crippen LogP contribution in [0.15, 0.2) is 73.1 Å². The Hall–Kier alpha value is -3.53. The van der Waals surface area contributed by atoms with Crippen LogP contribution in [0, 0.1) is 13.8 Å². The minimum atomic E-state index is -0.180. The number of pyridine rings is 2. The van der Waals surface area contributed by atoms with Crippen molar-refractivity contribution in [1.29, 1.82) is 0 Å². The molecule has 4 heteroatoms. The van der Waals surface area contributed by atoms with Crippen molar-refractivity contribution in [3.63, 3.8) is 0 Å². The number of carbonyl (C=O) groups is 1. The summed E-state index contributed by atoms with van der Waals surface area (Å²) >= 11 is 0. The maximum atomic E-state index is 12.7. The lowest BCUT2D eigenvalue weighted by Crippen LogP contribution is -2.13. The predicted molar refractivity (Wildman–Crippen MR) is 109 cm³/mol. The summed E-state index contributed by atoms with van der Waals surface area (Å²) in [5.74, 6) is 0.361. The highest BCUT2D eigenvalue weighted by molar-refractivity contribution is 6.06. The first-order valence-corrected chi connectivity index (χ1v) is 8.80. The van der Waals surface area contributed by atoms with E-state index in [-0.39, 0.29) is 5.91 Å². The number of carbonyl (C=O) groups excluding carboxylic acids is 1. The van der Waals surface area contributed by atoms with Crippen LogP contribution < -0.4 is 5.32 Å². The minimum Gasteiger partial charge on any atom is -0.307 e. The second-order valence-corrected chi connectivity index (χ2v) is 6.57. The highest BCUT2D eigenvalue weighted by Crippen LogP contribution is 2.26. The van der Waals surface area contributed by atoms with Crippen molar-refractivity contribution in [3.8, 4) is 11.3 Å². The molecular formula is C23H19N3O. The summed E-state index contributed by atoms with van der Waals surface area (Å²) in [6.07, 6.45) is 3.51. The second kappa shape index (κ2) is 7.00. The van der Waals surface area contributed by atoms with Gasteiger partial charge < -0.3 is 5.32 Å². The van der Waals surface area contributed by atoms with Crippen molar-refractivity contribution in [1.82, 2.24) is 9.97 Å². The summed E-state index contributed by atoms with van der Waals surface area (Å²) in [5, 5.41) is 4.90. The molecular weight excluding hydrogens is 334 g/mol. The van der Waals surface area contributed by atoms with Gasteiger partial charge in [-0.05, 0) is 54.6 Å². The molecule has 0 saturated carbocycles.